The molecule has 0 bridgehead atoms. The van der Waals surface area contributed by atoms with Crippen LogP contribution in [0.5, 0.6) is 0 Å². The summed E-state index contributed by atoms with van der Waals surface area (Å²) in [6.45, 7) is 20.7. The van der Waals surface area contributed by atoms with Crippen LogP contribution in [0.4, 0.5) is 0 Å². The molecular formula is C18H36. The Bertz CT molecular complexity index is 230. The lowest BCUT2D eigenvalue weighted by Crippen LogP contribution is -2.27. The molecule has 0 heteroatoms. The molecule has 0 saturated heterocycles. The Morgan fingerprint density at radius 1 is 1.06 bits per heavy atom. The van der Waals surface area contributed by atoms with Gasteiger partial charge in [0.05, 0.1) is 0 Å². The van der Waals surface area contributed by atoms with Gasteiger partial charge in [-0.25, -0.2) is 0 Å². The Hall–Kier alpha value is -0.260. The molecule has 0 aliphatic carbocycles. The number of rotatable bonds is 9. The lowest BCUT2D eigenvalue weighted by Gasteiger charge is -2.37. The normalized spacial score (nSPS) is 15.8. The molecule has 18 heavy (non-hydrogen) atoms. The van der Waals surface area contributed by atoms with Crippen LogP contribution in [0.1, 0.15) is 80.6 Å². The van der Waals surface area contributed by atoms with E-state index >= 15 is 0 Å². The van der Waals surface area contributed by atoms with E-state index < -0.39 is 0 Å². The summed E-state index contributed by atoms with van der Waals surface area (Å²) in [4.78, 5) is 0. The van der Waals surface area contributed by atoms with Crippen molar-refractivity contribution in [1.29, 1.82) is 0 Å². The molecule has 0 aromatic heterocycles. The molecule has 2 unspecified atom stereocenters. The predicted molar refractivity (Wildman–Crippen MR) is 84.8 cm³/mol. The van der Waals surface area contributed by atoms with Gasteiger partial charge in [0, 0.05) is 0 Å². The minimum Gasteiger partial charge on any atom is -0.0999 e. The highest BCUT2D eigenvalue weighted by Gasteiger charge is 2.30. The average Bonchev–Trinajstić information content (AvgIpc) is 2.25. The molecule has 0 amide bonds. The standard InChI is InChI=1S/C18H36/c1-9-11-18(8,12-10-2)13-17(15(5)6)16(7)14(3)4/h14,16-17H,5,9-13H2,1-4,6-8H3. The van der Waals surface area contributed by atoms with Gasteiger partial charge >= 0.3 is 0 Å². The molecule has 108 valence electrons. The van der Waals surface area contributed by atoms with Gasteiger partial charge in [-0.2, -0.15) is 0 Å². The molecule has 0 heterocycles. The zero-order valence-electron chi connectivity index (χ0n) is 14.0. The quantitative estimate of drug-likeness (QED) is 0.413. The molecule has 0 radical (unpaired) electrons. The van der Waals surface area contributed by atoms with Gasteiger partial charge in [-0.05, 0) is 49.4 Å². The van der Waals surface area contributed by atoms with Gasteiger partial charge in [0.15, 0.2) is 0 Å². The maximum Gasteiger partial charge on any atom is -0.0175 e. The summed E-state index contributed by atoms with van der Waals surface area (Å²) < 4.78 is 0. The lowest BCUT2D eigenvalue weighted by molar-refractivity contribution is 0.167. The lowest BCUT2D eigenvalue weighted by atomic mass is 9.68. The maximum absolute atomic E-state index is 4.26. The molecule has 0 spiro atoms. The smallest absolute Gasteiger partial charge is 0.0175 e. The zero-order chi connectivity index (χ0) is 14.3. The number of hydrogen-bond donors (Lipinski definition) is 0. The van der Waals surface area contributed by atoms with Crippen molar-refractivity contribution in [3.63, 3.8) is 0 Å². The van der Waals surface area contributed by atoms with Gasteiger partial charge in [-0.1, -0.05) is 66.5 Å². The van der Waals surface area contributed by atoms with Gasteiger partial charge in [-0.15, -0.1) is 0 Å². The van der Waals surface area contributed by atoms with Gasteiger partial charge in [0.25, 0.3) is 0 Å². The van der Waals surface area contributed by atoms with Crippen LogP contribution in [0.2, 0.25) is 0 Å². The second-order valence-corrected chi connectivity index (χ2v) is 7.07. The summed E-state index contributed by atoms with van der Waals surface area (Å²) in [5, 5.41) is 0. The van der Waals surface area contributed by atoms with Crippen molar-refractivity contribution in [2.75, 3.05) is 0 Å². The molecule has 0 N–H and O–H groups in total. The Balaban J connectivity index is 4.87. The summed E-state index contributed by atoms with van der Waals surface area (Å²) in [7, 11) is 0. The van der Waals surface area contributed by atoms with E-state index in [-0.39, 0.29) is 0 Å². The maximum atomic E-state index is 4.26. The summed E-state index contributed by atoms with van der Waals surface area (Å²) in [6.07, 6.45) is 6.64. The van der Waals surface area contributed by atoms with E-state index in [4.69, 9.17) is 0 Å². The molecule has 0 fully saturated rings. The van der Waals surface area contributed by atoms with E-state index in [0.29, 0.717) is 11.3 Å². The van der Waals surface area contributed by atoms with Crippen LogP contribution in [-0.4, -0.2) is 0 Å². The molecule has 0 rings (SSSR count). The highest BCUT2D eigenvalue weighted by Crippen LogP contribution is 2.41. The monoisotopic (exact) mass is 252 g/mol. The third kappa shape index (κ3) is 5.59. The number of allylic oxidation sites excluding steroid dienone is 1. The van der Waals surface area contributed by atoms with Crippen LogP contribution in [0.25, 0.3) is 0 Å². The van der Waals surface area contributed by atoms with Crippen molar-refractivity contribution in [3.05, 3.63) is 12.2 Å². The first kappa shape index (κ1) is 17.7. The Morgan fingerprint density at radius 3 is 1.78 bits per heavy atom. The average molecular weight is 252 g/mol. The zero-order valence-corrected chi connectivity index (χ0v) is 14.0. The van der Waals surface area contributed by atoms with Crippen molar-refractivity contribution in [1.82, 2.24) is 0 Å². The first-order chi connectivity index (χ1) is 8.27. The van der Waals surface area contributed by atoms with Crippen LogP contribution in [-0.2, 0) is 0 Å². The highest BCUT2D eigenvalue weighted by molar-refractivity contribution is 5.01. The summed E-state index contributed by atoms with van der Waals surface area (Å²) in [5.41, 5.74) is 1.89. The second-order valence-electron chi connectivity index (χ2n) is 7.07. The second kappa shape index (κ2) is 8.02. The van der Waals surface area contributed by atoms with Crippen molar-refractivity contribution >= 4 is 0 Å². The Labute approximate surface area is 116 Å². The minimum atomic E-state index is 0.510. The fourth-order valence-corrected chi connectivity index (χ4v) is 3.34. The van der Waals surface area contributed by atoms with Gasteiger partial charge in [-0.3, -0.25) is 0 Å². The first-order valence-electron chi connectivity index (χ1n) is 7.92. The van der Waals surface area contributed by atoms with E-state index in [1.165, 1.54) is 37.7 Å². The molecule has 0 aromatic carbocycles. The molecule has 0 saturated carbocycles. The molecule has 0 nitrogen and oxygen atoms in total. The fraction of sp³-hybridized carbons (Fsp3) is 0.889. The van der Waals surface area contributed by atoms with E-state index in [0.717, 1.165) is 11.8 Å². The van der Waals surface area contributed by atoms with Crippen LogP contribution in [0.15, 0.2) is 12.2 Å². The van der Waals surface area contributed by atoms with Crippen molar-refractivity contribution in [3.8, 4) is 0 Å². The van der Waals surface area contributed by atoms with Crippen molar-refractivity contribution in [2.45, 2.75) is 80.6 Å². The van der Waals surface area contributed by atoms with E-state index in [1.54, 1.807) is 0 Å². The van der Waals surface area contributed by atoms with Crippen LogP contribution >= 0.6 is 0 Å². The first-order valence-corrected chi connectivity index (χ1v) is 7.92. The Morgan fingerprint density at radius 2 is 1.50 bits per heavy atom. The van der Waals surface area contributed by atoms with Crippen molar-refractivity contribution < 1.29 is 0 Å². The van der Waals surface area contributed by atoms with Crippen LogP contribution < -0.4 is 0 Å². The summed E-state index contributed by atoms with van der Waals surface area (Å²) >= 11 is 0. The van der Waals surface area contributed by atoms with Gasteiger partial charge in [0.2, 0.25) is 0 Å². The van der Waals surface area contributed by atoms with E-state index in [1.807, 2.05) is 0 Å². The number of hydrogen-bond acceptors (Lipinski definition) is 0. The summed E-state index contributed by atoms with van der Waals surface area (Å²) in [5.74, 6) is 2.18. The topological polar surface area (TPSA) is 0 Å². The molecule has 0 aromatic rings. The third-order valence-electron chi connectivity index (χ3n) is 4.74. The van der Waals surface area contributed by atoms with Crippen LogP contribution in [0, 0.1) is 23.2 Å². The molecule has 2 atom stereocenters. The molecule has 0 aliphatic heterocycles. The van der Waals surface area contributed by atoms with E-state index in [9.17, 15) is 0 Å². The molecular weight excluding hydrogens is 216 g/mol. The third-order valence-corrected chi connectivity index (χ3v) is 4.74. The van der Waals surface area contributed by atoms with Gasteiger partial charge < -0.3 is 0 Å². The minimum absolute atomic E-state index is 0.510. The van der Waals surface area contributed by atoms with Crippen LogP contribution in [0.3, 0.4) is 0 Å². The largest absolute Gasteiger partial charge is 0.0999 e. The highest BCUT2D eigenvalue weighted by atomic mass is 14.4. The molecule has 0 aliphatic rings. The fourth-order valence-electron chi connectivity index (χ4n) is 3.34. The van der Waals surface area contributed by atoms with E-state index in [2.05, 4.69) is 55.0 Å². The van der Waals surface area contributed by atoms with Crippen molar-refractivity contribution in [2.24, 2.45) is 23.2 Å². The SMILES string of the molecule is C=C(C)C(CC(C)(CCC)CCC)C(C)C(C)C. The Kier molecular flexibility index (Phi) is 7.90. The summed E-state index contributed by atoms with van der Waals surface area (Å²) in [6, 6.07) is 0. The van der Waals surface area contributed by atoms with Gasteiger partial charge in [0.1, 0.15) is 0 Å². The predicted octanol–water partition coefficient (Wildman–Crippen LogP) is 6.47.